The largest absolute Gasteiger partial charge is 0.486 e. The molecule has 0 bridgehead atoms. The Morgan fingerprint density at radius 2 is 1.70 bits per heavy atom. The Morgan fingerprint density at radius 3 is 2.25 bits per heavy atom. The van der Waals surface area contributed by atoms with Crippen LogP contribution in [0.1, 0.15) is 5.56 Å². The van der Waals surface area contributed by atoms with Crippen LogP contribution in [0.3, 0.4) is 0 Å². The van der Waals surface area contributed by atoms with E-state index in [2.05, 4.69) is 0 Å². The van der Waals surface area contributed by atoms with Gasteiger partial charge < -0.3 is 15.2 Å². The molecule has 0 atom stereocenters. The Bertz CT molecular complexity index is 594. The fraction of sp³-hybridized carbons (Fsp3) is 0.0714. The molecule has 0 fully saturated rings. The van der Waals surface area contributed by atoms with E-state index in [0.29, 0.717) is 12.4 Å². The van der Waals surface area contributed by atoms with E-state index in [1.807, 2.05) is 30.3 Å². The summed E-state index contributed by atoms with van der Waals surface area (Å²) in [4.78, 5) is 10.7. The lowest BCUT2D eigenvalue weighted by Gasteiger charge is -2.11. The molecule has 2 aromatic rings. The van der Waals surface area contributed by atoms with E-state index < -0.39 is 6.09 Å². The Morgan fingerprint density at radius 1 is 1.10 bits per heavy atom. The third kappa shape index (κ3) is 3.79. The third-order valence-corrected chi connectivity index (χ3v) is 2.98. The van der Waals surface area contributed by atoms with Gasteiger partial charge in [0.25, 0.3) is 0 Å². The van der Waals surface area contributed by atoms with Crippen LogP contribution in [0.25, 0.3) is 0 Å². The number of ether oxygens (including phenoxy) is 2. The number of carbonyl (C=O) groups is 1. The van der Waals surface area contributed by atoms with Crippen LogP contribution in [0, 0.1) is 0 Å². The van der Waals surface area contributed by atoms with E-state index >= 15 is 0 Å². The number of benzene rings is 2. The maximum absolute atomic E-state index is 10.7. The molecule has 1 amide bonds. The summed E-state index contributed by atoms with van der Waals surface area (Å²) < 4.78 is 10.3. The first-order chi connectivity index (χ1) is 9.56. The number of hydrogen-bond acceptors (Lipinski definition) is 3. The average molecular weight is 312 g/mol. The second-order valence-electron chi connectivity index (χ2n) is 3.91. The fourth-order valence-corrected chi connectivity index (χ4v) is 2.16. The predicted molar refractivity (Wildman–Crippen MR) is 77.4 cm³/mol. The monoisotopic (exact) mass is 311 g/mol. The first-order valence-electron chi connectivity index (χ1n) is 5.69. The lowest BCUT2D eigenvalue weighted by Crippen LogP contribution is -2.16. The molecule has 4 nitrogen and oxygen atoms in total. The lowest BCUT2D eigenvalue weighted by atomic mass is 10.2. The third-order valence-electron chi connectivity index (χ3n) is 2.42. The van der Waals surface area contributed by atoms with Crippen molar-refractivity contribution in [3.63, 3.8) is 0 Å². The fourth-order valence-electron chi connectivity index (χ4n) is 1.58. The van der Waals surface area contributed by atoms with E-state index in [0.717, 1.165) is 5.56 Å². The molecule has 0 aliphatic rings. The Balaban J connectivity index is 2.14. The van der Waals surface area contributed by atoms with Gasteiger partial charge in [-0.25, -0.2) is 4.79 Å². The summed E-state index contributed by atoms with van der Waals surface area (Å²) in [6.07, 6.45) is -0.935. The first kappa shape index (κ1) is 14.5. The standard InChI is InChI=1S/C14H11Cl2NO3/c15-11-6-10(20-14(17)18)7-12(16)13(11)19-8-9-4-2-1-3-5-9/h1-7H,8H2,(H2,17,18). The Labute approximate surface area is 126 Å². The minimum atomic E-state index is -0.935. The Hall–Kier alpha value is -1.91. The minimum absolute atomic E-state index is 0.166. The van der Waals surface area contributed by atoms with Gasteiger partial charge in [0.15, 0.2) is 5.75 Å². The molecule has 0 aromatic heterocycles. The molecule has 6 heteroatoms. The molecule has 2 aromatic carbocycles. The molecule has 0 radical (unpaired) electrons. The van der Waals surface area contributed by atoms with Crippen molar-refractivity contribution in [1.29, 1.82) is 0 Å². The van der Waals surface area contributed by atoms with Gasteiger partial charge in [0.2, 0.25) is 0 Å². The highest BCUT2D eigenvalue weighted by atomic mass is 35.5. The number of halogens is 2. The van der Waals surface area contributed by atoms with Gasteiger partial charge in [-0.2, -0.15) is 0 Å². The number of amides is 1. The summed E-state index contributed by atoms with van der Waals surface area (Å²) in [6, 6.07) is 12.4. The topological polar surface area (TPSA) is 61.6 Å². The molecule has 0 unspecified atom stereocenters. The van der Waals surface area contributed by atoms with E-state index in [4.69, 9.17) is 38.4 Å². The van der Waals surface area contributed by atoms with Crippen molar-refractivity contribution < 1.29 is 14.3 Å². The van der Waals surface area contributed by atoms with Crippen molar-refractivity contribution in [1.82, 2.24) is 0 Å². The number of primary amides is 1. The van der Waals surface area contributed by atoms with Crippen molar-refractivity contribution >= 4 is 29.3 Å². The highest BCUT2D eigenvalue weighted by Crippen LogP contribution is 2.37. The van der Waals surface area contributed by atoms with Gasteiger partial charge in [-0.3, -0.25) is 0 Å². The van der Waals surface area contributed by atoms with Crippen molar-refractivity contribution in [2.24, 2.45) is 5.73 Å². The summed E-state index contributed by atoms with van der Waals surface area (Å²) in [6.45, 7) is 0.330. The summed E-state index contributed by atoms with van der Waals surface area (Å²) >= 11 is 12.1. The minimum Gasteiger partial charge on any atom is -0.486 e. The van der Waals surface area contributed by atoms with Gasteiger partial charge in [0.05, 0.1) is 10.0 Å². The molecule has 0 saturated carbocycles. The lowest BCUT2D eigenvalue weighted by molar-refractivity contribution is 0.211. The van der Waals surface area contributed by atoms with Crippen molar-refractivity contribution in [3.8, 4) is 11.5 Å². The summed E-state index contributed by atoms with van der Waals surface area (Å²) in [5.41, 5.74) is 5.90. The SMILES string of the molecule is NC(=O)Oc1cc(Cl)c(OCc2ccccc2)c(Cl)c1. The first-order valence-corrected chi connectivity index (χ1v) is 6.45. The average Bonchev–Trinajstić information content (AvgIpc) is 2.38. The van der Waals surface area contributed by atoms with Gasteiger partial charge in [0.1, 0.15) is 12.4 Å². The molecular formula is C14H11Cl2NO3. The van der Waals surface area contributed by atoms with Gasteiger partial charge in [-0.1, -0.05) is 53.5 Å². The van der Waals surface area contributed by atoms with Crippen LogP contribution in [0.15, 0.2) is 42.5 Å². The van der Waals surface area contributed by atoms with Gasteiger partial charge in [-0.05, 0) is 5.56 Å². The highest BCUT2D eigenvalue weighted by Gasteiger charge is 2.12. The van der Waals surface area contributed by atoms with Crippen LogP contribution in [-0.4, -0.2) is 6.09 Å². The predicted octanol–water partition coefficient (Wildman–Crippen LogP) is 4.03. The Kier molecular flexibility index (Phi) is 4.71. The quantitative estimate of drug-likeness (QED) is 0.927. The number of nitrogens with two attached hydrogens (primary N) is 1. The molecule has 20 heavy (non-hydrogen) atoms. The van der Waals surface area contributed by atoms with E-state index in [-0.39, 0.29) is 15.8 Å². The summed E-state index contributed by atoms with van der Waals surface area (Å²) in [5, 5.41) is 0.481. The molecule has 0 saturated heterocycles. The number of rotatable bonds is 4. The van der Waals surface area contributed by atoms with Crippen LogP contribution >= 0.6 is 23.2 Å². The highest BCUT2D eigenvalue weighted by molar-refractivity contribution is 6.37. The maximum atomic E-state index is 10.7. The van der Waals surface area contributed by atoms with Gasteiger partial charge in [-0.15, -0.1) is 0 Å². The molecular weight excluding hydrogens is 301 g/mol. The van der Waals surface area contributed by atoms with Gasteiger partial charge in [0, 0.05) is 12.1 Å². The zero-order chi connectivity index (χ0) is 14.5. The van der Waals surface area contributed by atoms with Crippen molar-refractivity contribution in [3.05, 3.63) is 58.1 Å². The van der Waals surface area contributed by atoms with Crippen LogP contribution in [-0.2, 0) is 6.61 Å². The van der Waals surface area contributed by atoms with E-state index in [1.54, 1.807) is 0 Å². The van der Waals surface area contributed by atoms with Crippen molar-refractivity contribution in [2.45, 2.75) is 6.61 Å². The molecule has 2 rings (SSSR count). The van der Waals surface area contributed by atoms with Crippen LogP contribution < -0.4 is 15.2 Å². The zero-order valence-corrected chi connectivity index (χ0v) is 11.8. The summed E-state index contributed by atoms with van der Waals surface area (Å²) in [7, 11) is 0. The van der Waals surface area contributed by atoms with E-state index in [1.165, 1.54) is 12.1 Å². The normalized spacial score (nSPS) is 10.1. The summed E-state index contributed by atoms with van der Waals surface area (Å²) in [5.74, 6) is 0.494. The molecule has 0 spiro atoms. The molecule has 0 heterocycles. The molecule has 104 valence electrons. The zero-order valence-electron chi connectivity index (χ0n) is 10.3. The second-order valence-corrected chi connectivity index (χ2v) is 4.73. The second kappa shape index (κ2) is 6.50. The number of hydrogen-bond donors (Lipinski definition) is 1. The van der Waals surface area contributed by atoms with Crippen molar-refractivity contribution in [2.75, 3.05) is 0 Å². The van der Waals surface area contributed by atoms with Crippen LogP contribution in [0.2, 0.25) is 10.0 Å². The van der Waals surface area contributed by atoms with Crippen LogP contribution in [0.4, 0.5) is 4.79 Å². The van der Waals surface area contributed by atoms with Gasteiger partial charge >= 0.3 is 6.09 Å². The van der Waals surface area contributed by atoms with E-state index in [9.17, 15) is 4.79 Å². The molecule has 0 aliphatic heterocycles. The van der Waals surface area contributed by atoms with Crippen LogP contribution in [0.5, 0.6) is 11.5 Å². The maximum Gasteiger partial charge on any atom is 0.409 e. The smallest absolute Gasteiger partial charge is 0.409 e. The number of carbonyl (C=O) groups excluding carboxylic acids is 1. The molecule has 0 aliphatic carbocycles. The molecule has 2 N–H and O–H groups in total.